The number of urea groups is 1. The Morgan fingerprint density at radius 2 is 1.74 bits per heavy atom. The summed E-state index contributed by atoms with van der Waals surface area (Å²) in [6.45, 7) is 5.43. The van der Waals surface area contributed by atoms with Crippen LogP contribution in [-0.4, -0.2) is 93.0 Å². The third-order valence-corrected chi connectivity index (χ3v) is 9.63. The van der Waals surface area contributed by atoms with Crippen LogP contribution < -0.4 is 5.14 Å². The molecule has 7 rings (SSSR count). The highest BCUT2D eigenvalue weighted by Gasteiger charge is 2.58. The third kappa shape index (κ3) is 3.50. The van der Waals surface area contributed by atoms with Gasteiger partial charge < -0.3 is 9.80 Å². The number of carbonyl (C=O) groups excluding carboxylic acids is 1. The van der Waals surface area contributed by atoms with E-state index in [1.54, 1.807) is 13.2 Å². The number of hydrogen-bond donors (Lipinski definition) is 1. The lowest BCUT2D eigenvalue weighted by atomic mass is 9.60. The van der Waals surface area contributed by atoms with E-state index in [9.17, 15) is 13.2 Å². The number of aromatic nitrogens is 5. The number of sulfonamides is 1. The van der Waals surface area contributed by atoms with E-state index in [0.29, 0.717) is 24.1 Å². The van der Waals surface area contributed by atoms with Crippen LogP contribution in [0, 0.1) is 10.8 Å². The van der Waals surface area contributed by atoms with Gasteiger partial charge in [0.1, 0.15) is 6.33 Å². The van der Waals surface area contributed by atoms with Gasteiger partial charge in [-0.1, -0.05) is 0 Å². The molecule has 2 saturated carbocycles. The number of primary sulfonamides is 1. The summed E-state index contributed by atoms with van der Waals surface area (Å²) < 4.78 is 27.1. The number of amides is 2. The van der Waals surface area contributed by atoms with Gasteiger partial charge in [0.05, 0.1) is 12.2 Å². The van der Waals surface area contributed by atoms with Gasteiger partial charge in [0, 0.05) is 75.2 Å². The highest BCUT2D eigenvalue weighted by atomic mass is 32.2. The van der Waals surface area contributed by atoms with Crippen molar-refractivity contribution in [2.45, 2.75) is 49.2 Å². The number of hydrogen-bond acceptors (Lipinski definition) is 7. The Bertz CT molecular complexity index is 1290. The fourth-order valence-corrected chi connectivity index (χ4v) is 7.68. The Labute approximate surface area is 204 Å². The zero-order valence-corrected chi connectivity index (χ0v) is 20.7. The predicted octanol–water partition coefficient (Wildman–Crippen LogP) is 0.111. The van der Waals surface area contributed by atoms with E-state index in [-0.39, 0.29) is 21.9 Å². The lowest BCUT2D eigenvalue weighted by Crippen LogP contribution is -2.75. The second kappa shape index (κ2) is 7.04. The van der Waals surface area contributed by atoms with Gasteiger partial charge in [-0.15, -0.1) is 0 Å². The Morgan fingerprint density at radius 1 is 1.09 bits per heavy atom. The van der Waals surface area contributed by atoms with Gasteiger partial charge in [-0.2, -0.15) is 10.2 Å². The van der Waals surface area contributed by atoms with Gasteiger partial charge in [0.25, 0.3) is 10.0 Å². The third-order valence-electron chi connectivity index (χ3n) is 8.56. The van der Waals surface area contributed by atoms with Crippen LogP contribution in [0.5, 0.6) is 0 Å². The molecule has 0 aromatic carbocycles. The summed E-state index contributed by atoms with van der Waals surface area (Å²) in [5, 5.41) is 14.2. The summed E-state index contributed by atoms with van der Waals surface area (Å²) in [5.74, 6) is 1.59. The molecule has 2 amide bonds. The fourth-order valence-electron chi connectivity index (χ4n) is 6.78. The quantitative estimate of drug-likeness (QED) is 0.614. The normalized spacial score (nSPS) is 25.3. The summed E-state index contributed by atoms with van der Waals surface area (Å²) >= 11 is 0. The first-order valence-electron chi connectivity index (χ1n) is 12.3. The Kier molecular flexibility index (Phi) is 4.37. The van der Waals surface area contributed by atoms with Crippen LogP contribution in [0.1, 0.15) is 49.0 Å². The topological polar surface area (TPSA) is 135 Å². The second-order valence-corrected chi connectivity index (χ2v) is 13.2. The van der Waals surface area contributed by atoms with Crippen molar-refractivity contribution in [2.24, 2.45) is 23.0 Å². The zero-order valence-electron chi connectivity index (χ0n) is 19.9. The summed E-state index contributed by atoms with van der Waals surface area (Å²) in [6.07, 6.45) is 8.06. The SMILES string of the molecule is Cn1ncc(CN2CC3(C2)CN(C(=O)N2CC4(CC(n5cnc(C6CC6)n5)C4)C2)C3)c1S(N)(=O)=O. The van der Waals surface area contributed by atoms with E-state index in [4.69, 9.17) is 5.14 Å². The predicted molar refractivity (Wildman–Crippen MR) is 124 cm³/mol. The van der Waals surface area contributed by atoms with Crippen molar-refractivity contribution in [3.63, 3.8) is 0 Å². The van der Waals surface area contributed by atoms with Crippen molar-refractivity contribution in [1.82, 2.24) is 39.2 Å². The van der Waals surface area contributed by atoms with Gasteiger partial charge in [0.15, 0.2) is 10.9 Å². The molecule has 0 radical (unpaired) electrons. The number of rotatable bonds is 5. The first-order chi connectivity index (χ1) is 16.6. The number of nitrogens with zero attached hydrogens (tertiary/aromatic N) is 8. The van der Waals surface area contributed by atoms with Gasteiger partial charge in [-0.25, -0.2) is 28.0 Å². The van der Waals surface area contributed by atoms with Crippen LogP contribution in [0.4, 0.5) is 4.79 Å². The molecular formula is C22H31N9O3S. The Hall–Kier alpha value is -2.51. The summed E-state index contributed by atoms with van der Waals surface area (Å²) in [7, 11) is -2.23. The van der Waals surface area contributed by atoms with Crippen LogP contribution in [-0.2, 0) is 23.6 Å². The van der Waals surface area contributed by atoms with Crippen molar-refractivity contribution >= 4 is 16.1 Å². The lowest BCUT2D eigenvalue weighted by Gasteiger charge is -2.63. The minimum Gasteiger partial charge on any atom is -0.323 e. The first kappa shape index (κ1) is 21.7. The molecule has 188 valence electrons. The minimum atomic E-state index is -3.82. The van der Waals surface area contributed by atoms with E-state index in [1.807, 2.05) is 20.8 Å². The van der Waals surface area contributed by atoms with E-state index >= 15 is 0 Å². The molecule has 35 heavy (non-hydrogen) atoms. The van der Waals surface area contributed by atoms with E-state index in [1.165, 1.54) is 17.5 Å². The molecule has 5 fully saturated rings. The number of likely N-dealkylation sites (tertiary alicyclic amines) is 3. The molecule has 2 N–H and O–H groups in total. The Balaban J connectivity index is 0.866. The molecule has 0 bridgehead atoms. The molecule has 13 heteroatoms. The smallest absolute Gasteiger partial charge is 0.320 e. The van der Waals surface area contributed by atoms with Gasteiger partial charge in [-0.05, 0) is 25.7 Å². The molecule has 5 heterocycles. The van der Waals surface area contributed by atoms with Crippen LogP contribution in [0.25, 0.3) is 0 Å². The lowest BCUT2D eigenvalue weighted by molar-refractivity contribution is -0.120. The summed E-state index contributed by atoms with van der Waals surface area (Å²) in [4.78, 5) is 23.6. The number of nitrogens with two attached hydrogens (primary N) is 1. The van der Waals surface area contributed by atoms with Crippen LogP contribution >= 0.6 is 0 Å². The van der Waals surface area contributed by atoms with Crippen molar-refractivity contribution in [2.75, 3.05) is 39.3 Å². The minimum absolute atomic E-state index is 0.0704. The molecular weight excluding hydrogens is 470 g/mol. The van der Waals surface area contributed by atoms with Crippen molar-refractivity contribution in [1.29, 1.82) is 0 Å². The largest absolute Gasteiger partial charge is 0.323 e. The maximum absolute atomic E-state index is 12.9. The van der Waals surface area contributed by atoms with Crippen LogP contribution in [0.3, 0.4) is 0 Å². The Morgan fingerprint density at radius 3 is 2.37 bits per heavy atom. The molecule has 0 unspecified atom stereocenters. The maximum Gasteiger partial charge on any atom is 0.320 e. The highest BCUT2D eigenvalue weighted by molar-refractivity contribution is 7.89. The molecule has 2 aromatic heterocycles. The van der Waals surface area contributed by atoms with Gasteiger partial charge in [0.2, 0.25) is 0 Å². The molecule has 0 atom stereocenters. The average molecular weight is 502 g/mol. The van der Waals surface area contributed by atoms with Crippen molar-refractivity contribution < 1.29 is 13.2 Å². The second-order valence-electron chi connectivity index (χ2n) is 11.7. The molecule has 12 nitrogen and oxygen atoms in total. The number of carbonyl (C=O) groups is 1. The van der Waals surface area contributed by atoms with Crippen molar-refractivity contribution in [3.8, 4) is 0 Å². The number of aryl methyl sites for hydroxylation is 1. The maximum atomic E-state index is 12.9. The average Bonchev–Trinajstić information content (AvgIpc) is 3.28. The van der Waals surface area contributed by atoms with Crippen molar-refractivity contribution in [3.05, 3.63) is 23.9 Å². The van der Waals surface area contributed by atoms with Gasteiger partial charge >= 0.3 is 6.03 Å². The van der Waals surface area contributed by atoms with E-state index < -0.39 is 10.0 Å². The van der Waals surface area contributed by atoms with Crippen LogP contribution in [0.15, 0.2) is 17.6 Å². The zero-order chi connectivity index (χ0) is 24.2. The summed E-state index contributed by atoms with van der Waals surface area (Å²) in [6, 6.07) is 0.582. The first-order valence-corrected chi connectivity index (χ1v) is 13.9. The van der Waals surface area contributed by atoms with Gasteiger partial charge in [-0.3, -0.25) is 9.58 Å². The van der Waals surface area contributed by atoms with Crippen LogP contribution in [0.2, 0.25) is 0 Å². The van der Waals surface area contributed by atoms with E-state index in [2.05, 4.69) is 20.1 Å². The standard InChI is InChI=1S/C22H31N9O3S/c1-27-19(35(23,33)34)16(6-25-27)7-28-8-22(9-28)12-30(13-22)20(32)29-10-21(11-29)4-17(5-21)31-14-24-18(26-31)15-2-3-15/h6,14-15,17H,2-5,7-13H2,1H3,(H2,23,33,34). The fraction of sp³-hybridized carbons (Fsp3) is 0.727. The monoisotopic (exact) mass is 501 g/mol. The molecule has 3 aliphatic heterocycles. The molecule has 3 saturated heterocycles. The molecule has 5 aliphatic rings. The molecule has 2 aliphatic carbocycles. The summed E-state index contributed by atoms with van der Waals surface area (Å²) in [5.41, 5.74) is 1.03. The molecule has 2 aromatic rings. The van der Waals surface area contributed by atoms with E-state index in [0.717, 1.165) is 57.9 Å². The molecule has 2 spiro atoms. The highest BCUT2D eigenvalue weighted by Crippen LogP contribution is 2.54.